The molecule has 82 valence electrons. The molecule has 2 aliphatic rings. The van der Waals surface area contributed by atoms with Crippen molar-refractivity contribution < 1.29 is 4.21 Å². The van der Waals surface area contributed by atoms with Crippen LogP contribution in [-0.2, 0) is 11.0 Å². The molecule has 2 aliphatic heterocycles. The largest absolute Gasteiger partial charge is 0.314 e. The van der Waals surface area contributed by atoms with Crippen LogP contribution in [-0.4, -0.2) is 64.5 Å². The molecule has 2 fully saturated rings. The Morgan fingerprint density at radius 3 is 2.57 bits per heavy atom. The van der Waals surface area contributed by atoms with Gasteiger partial charge in [-0.2, -0.15) is 0 Å². The van der Waals surface area contributed by atoms with Gasteiger partial charge in [0.15, 0.2) is 0 Å². The molecule has 0 aliphatic carbocycles. The fourth-order valence-corrected chi connectivity index (χ4v) is 3.09. The second-order valence-corrected chi connectivity index (χ2v) is 5.63. The number of hydrogen-bond acceptors (Lipinski definition) is 3. The van der Waals surface area contributed by atoms with Gasteiger partial charge in [-0.15, -0.1) is 0 Å². The summed E-state index contributed by atoms with van der Waals surface area (Å²) in [6, 6.07) is 0.660. The van der Waals surface area contributed by atoms with Crippen LogP contribution < -0.4 is 5.32 Å². The Hall–Kier alpha value is 0.0300. The zero-order chi connectivity index (χ0) is 9.97. The van der Waals surface area contributed by atoms with E-state index in [9.17, 15) is 4.21 Å². The van der Waals surface area contributed by atoms with E-state index < -0.39 is 11.0 Å². The maximum Gasteiger partial charge on any atom is 0.0940 e. The van der Waals surface area contributed by atoms with Crippen LogP contribution in [0.5, 0.6) is 0 Å². The summed E-state index contributed by atoms with van der Waals surface area (Å²) in [5, 5.41) is 3.35. The van der Waals surface area contributed by atoms with E-state index in [1.807, 2.05) is 6.92 Å². The Bertz CT molecular complexity index is 212. The van der Waals surface area contributed by atoms with Gasteiger partial charge in [0.25, 0.3) is 0 Å². The lowest BCUT2D eigenvalue weighted by Crippen LogP contribution is -2.62. The molecule has 5 heteroatoms. The first-order chi connectivity index (χ1) is 6.81. The molecule has 0 amide bonds. The fourth-order valence-electron chi connectivity index (χ4n) is 2.04. The standard InChI is InChI=1S/C9H19N3OS/c1-2-14(13)12-7-9(8-12)11-5-3-10-4-6-11/h9-10H,2-8H2,1H3. The Labute approximate surface area is 88.2 Å². The molecule has 1 N–H and O–H groups in total. The molecule has 0 aromatic rings. The van der Waals surface area contributed by atoms with Crippen LogP contribution in [0.25, 0.3) is 0 Å². The molecule has 1 atom stereocenters. The van der Waals surface area contributed by atoms with Crippen LogP contribution in [0.2, 0.25) is 0 Å². The minimum atomic E-state index is -0.719. The van der Waals surface area contributed by atoms with E-state index in [2.05, 4.69) is 14.5 Å². The van der Waals surface area contributed by atoms with E-state index in [0.29, 0.717) is 6.04 Å². The van der Waals surface area contributed by atoms with Gasteiger partial charge in [0, 0.05) is 51.1 Å². The van der Waals surface area contributed by atoms with E-state index in [1.165, 1.54) is 0 Å². The molecular formula is C9H19N3OS. The minimum absolute atomic E-state index is 0.660. The lowest BCUT2D eigenvalue weighted by molar-refractivity contribution is 0.0805. The molecule has 14 heavy (non-hydrogen) atoms. The molecule has 0 spiro atoms. The van der Waals surface area contributed by atoms with Gasteiger partial charge in [0.1, 0.15) is 0 Å². The van der Waals surface area contributed by atoms with E-state index in [0.717, 1.165) is 45.0 Å². The van der Waals surface area contributed by atoms with E-state index >= 15 is 0 Å². The van der Waals surface area contributed by atoms with Crippen LogP contribution in [0.3, 0.4) is 0 Å². The van der Waals surface area contributed by atoms with Crippen molar-refractivity contribution >= 4 is 11.0 Å². The van der Waals surface area contributed by atoms with E-state index in [1.54, 1.807) is 0 Å². The second kappa shape index (κ2) is 4.70. The summed E-state index contributed by atoms with van der Waals surface area (Å²) in [6.07, 6.45) is 0. The van der Waals surface area contributed by atoms with Gasteiger partial charge in [-0.3, -0.25) is 4.90 Å². The smallest absolute Gasteiger partial charge is 0.0940 e. The van der Waals surface area contributed by atoms with E-state index in [4.69, 9.17) is 0 Å². The Kier molecular flexibility index (Phi) is 3.54. The number of hydrogen-bond donors (Lipinski definition) is 1. The third kappa shape index (κ3) is 2.16. The Morgan fingerprint density at radius 1 is 1.36 bits per heavy atom. The zero-order valence-electron chi connectivity index (χ0n) is 8.74. The molecule has 0 bridgehead atoms. The lowest BCUT2D eigenvalue weighted by atomic mass is 10.1. The van der Waals surface area contributed by atoms with Crippen molar-refractivity contribution in [3.05, 3.63) is 0 Å². The van der Waals surface area contributed by atoms with Crippen LogP contribution in [0.15, 0.2) is 0 Å². The highest BCUT2D eigenvalue weighted by Crippen LogP contribution is 2.17. The molecule has 0 radical (unpaired) electrons. The van der Waals surface area contributed by atoms with Crippen molar-refractivity contribution in [1.29, 1.82) is 0 Å². The summed E-state index contributed by atoms with van der Waals surface area (Å²) in [6.45, 7) is 8.49. The summed E-state index contributed by atoms with van der Waals surface area (Å²) < 4.78 is 13.5. The first-order valence-corrected chi connectivity index (χ1v) is 6.67. The predicted octanol–water partition coefficient (Wildman–Crippen LogP) is -0.741. The zero-order valence-corrected chi connectivity index (χ0v) is 9.55. The summed E-state index contributed by atoms with van der Waals surface area (Å²) in [5.74, 6) is 0.758. The fraction of sp³-hybridized carbons (Fsp3) is 1.00. The van der Waals surface area contributed by atoms with Crippen LogP contribution >= 0.6 is 0 Å². The second-order valence-electron chi connectivity index (χ2n) is 3.90. The highest BCUT2D eigenvalue weighted by Gasteiger charge is 2.34. The lowest BCUT2D eigenvalue weighted by Gasteiger charge is -2.45. The summed E-state index contributed by atoms with van der Waals surface area (Å²) >= 11 is 0. The molecule has 0 saturated carbocycles. The third-order valence-electron chi connectivity index (χ3n) is 3.03. The Balaban J connectivity index is 1.73. The maximum atomic E-state index is 11.4. The van der Waals surface area contributed by atoms with Gasteiger partial charge >= 0.3 is 0 Å². The van der Waals surface area contributed by atoms with Crippen molar-refractivity contribution in [2.75, 3.05) is 45.0 Å². The summed E-state index contributed by atoms with van der Waals surface area (Å²) in [7, 11) is -0.719. The SMILES string of the molecule is CCS(=O)N1CC(N2CCNCC2)C1. The third-order valence-corrected chi connectivity index (χ3v) is 4.40. The van der Waals surface area contributed by atoms with Crippen molar-refractivity contribution in [3.63, 3.8) is 0 Å². The normalized spacial score (nSPS) is 28.6. The number of nitrogens with one attached hydrogen (secondary N) is 1. The quantitative estimate of drug-likeness (QED) is 0.676. The molecular weight excluding hydrogens is 198 g/mol. The summed E-state index contributed by atoms with van der Waals surface area (Å²) in [4.78, 5) is 2.51. The summed E-state index contributed by atoms with van der Waals surface area (Å²) in [5.41, 5.74) is 0. The molecule has 2 heterocycles. The molecule has 0 aromatic carbocycles. The molecule has 2 rings (SSSR count). The minimum Gasteiger partial charge on any atom is -0.314 e. The van der Waals surface area contributed by atoms with Crippen LogP contribution in [0, 0.1) is 0 Å². The topological polar surface area (TPSA) is 35.6 Å². The first-order valence-electron chi connectivity index (χ1n) is 5.39. The molecule has 2 saturated heterocycles. The van der Waals surface area contributed by atoms with Crippen molar-refractivity contribution in [2.24, 2.45) is 0 Å². The molecule has 4 nitrogen and oxygen atoms in total. The Morgan fingerprint density at radius 2 is 2.00 bits per heavy atom. The first kappa shape index (κ1) is 10.5. The average Bonchev–Trinajstić information content (AvgIpc) is 2.17. The molecule has 0 aromatic heterocycles. The van der Waals surface area contributed by atoms with Gasteiger partial charge in [-0.25, -0.2) is 8.51 Å². The number of rotatable bonds is 3. The van der Waals surface area contributed by atoms with Crippen molar-refractivity contribution in [2.45, 2.75) is 13.0 Å². The van der Waals surface area contributed by atoms with Gasteiger partial charge in [0.2, 0.25) is 0 Å². The van der Waals surface area contributed by atoms with E-state index in [-0.39, 0.29) is 0 Å². The monoisotopic (exact) mass is 217 g/mol. The van der Waals surface area contributed by atoms with Crippen LogP contribution in [0.4, 0.5) is 0 Å². The van der Waals surface area contributed by atoms with Gasteiger partial charge in [-0.1, -0.05) is 6.92 Å². The number of piperazine rings is 1. The number of nitrogens with zero attached hydrogens (tertiary/aromatic N) is 2. The van der Waals surface area contributed by atoms with Crippen molar-refractivity contribution in [3.8, 4) is 0 Å². The molecule has 1 unspecified atom stereocenters. The van der Waals surface area contributed by atoms with Crippen molar-refractivity contribution in [1.82, 2.24) is 14.5 Å². The highest BCUT2D eigenvalue weighted by atomic mass is 32.2. The average molecular weight is 217 g/mol. The van der Waals surface area contributed by atoms with Gasteiger partial charge in [0.05, 0.1) is 11.0 Å². The predicted molar refractivity (Wildman–Crippen MR) is 58.5 cm³/mol. The van der Waals surface area contributed by atoms with Gasteiger partial charge in [-0.05, 0) is 0 Å². The highest BCUT2D eigenvalue weighted by molar-refractivity contribution is 7.82. The maximum absolute atomic E-state index is 11.4. The van der Waals surface area contributed by atoms with Crippen LogP contribution in [0.1, 0.15) is 6.92 Å². The van der Waals surface area contributed by atoms with Gasteiger partial charge < -0.3 is 5.32 Å².